The van der Waals surface area contributed by atoms with Crippen LogP contribution in [0.15, 0.2) is 59.6 Å². The zero-order chi connectivity index (χ0) is 24.5. The molecule has 0 saturated heterocycles. The third-order valence-electron chi connectivity index (χ3n) is 7.72. The van der Waals surface area contributed by atoms with E-state index in [1.807, 2.05) is 36.6 Å². The maximum absolute atomic E-state index is 11.5. The topological polar surface area (TPSA) is 49.7 Å². The number of nitrogens with zero attached hydrogens (tertiary/aromatic N) is 1. The smallest absolute Gasteiger partial charge is 0.335 e. The van der Waals surface area contributed by atoms with Gasteiger partial charge in [0.25, 0.3) is 0 Å². The van der Waals surface area contributed by atoms with Crippen LogP contribution in [-0.4, -0.2) is 22.8 Å². The second kappa shape index (κ2) is 9.87. The van der Waals surface area contributed by atoms with Crippen LogP contribution in [0.25, 0.3) is 0 Å². The third kappa shape index (κ3) is 5.42. The number of aliphatic imine (C=N–C) groups is 1. The van der Waals surface area contributed by atoms with Crippen molar-refractivity contribution in [2.75, 3.05) is 0 Å². The van der Waals surface area contributed by atoms with Gasteiger partial charge in [0.15, 0.2) is 0 Å². The Bertz CT molecular complexity index is 1060. The lowest BCUT2D eigenvalue weighted by Crippen LogP contribution is -2.40. The van der Waals surface area contributed by atoms with E-state index in [4.69, 9.17) is 28.2 Å². The zero-order valence-corrected chi connectivity index (χ0v) is 21.6. The van der Waals surface area contributed by atoms with E-state index in [-0.39, 0.29) is 5.92 Å². The van der Waals surface area contributed by atoms with Gasteiger partial charge in [-0.05, 0) is 90.5 Å². The summed E-state index contributed by atoms with van der Waals surface area (Å²) in [4.78, 5) is 16.5. The van der Waals surface area contributed by atoms with Crippen molar-refractivity contribution in [1.82, 2.24) is 0 Å². The molecular weight excluding hydrogens is 465 g/mol. The predicted octanol–water partition coefficient (Wildman–Crippen LogP) is 8.25. The van der Waals surface area contributed by atoms with Crippen LogP contribution in [0.4, 0.5) is 0 Å². The number of carboxylic acid groups (broad SMARTS) is 1. The molecule has 2 aliphatic rings. The molecular formula is C29H33Cl2NO2. The fraction of sp³-hybridized carbons (Fsp3) is 0.448. The fourth-order valence-electron chi connectivity index (χ4n) is 5.99. The highest BCUT2D eigenvalue weighted by molar-refractivity contribution is 6.34. The third-order valence-corrected chi connectivity index (χ3v) is 8.16. The molecule has 1 N–H and O–H groups in total. The van der Waals surface area contributed by atoms with Crippen molar-refractivity contribution in [2.24, 2.45) is 22.2 Å². The van der Waals surface area contributed by atoms with Gasteiger partial charge in [0.1, 0.15) is 0 Å². The number of allylic oxidation sites excluding steroid dienone is 1. The molecule has 0 spiro atoms. The molecule has 1 saturated carbocycles. The largest absolute Gasteiger partial charge is 0.478 e. The van der Waals surface area contributed by atoms with Gasteiger partial charge < -0.3 is 5.11 Å². The first-order valence-electron chi connectivity index (χ1n) is 12.1. The summed E-state index contributed by atoms with van der Waals surface area (Å²) in [5, 5.41) is 10.7. The minimum absolute atomic E-state index is 0.129. The summed E-state index contributed by atoms with van der Waals surface area (Å²) in [5.41, 5.74) is 2.35. The Kier molecular flexibility index (Phi) is 7.26. The molecule has 1 fully saturated rings. The molecule has 0 bridgehead atoms. The first kappa shape index (κ1) is 25.0. The number of carboxylic acids is 1. The molecule has 3 nitrogen and oxygen atoms in total. The van der Waals surface area contributed by atoms with Crippen molar-refractivity contribution >= 4 is 35.4 Å². The molecule has 0 amide bonds. The van der Waals surface area contributed by atoms with Crippen molar-refractivity contribution in [3.8, 4) is 0 Å². The highest BCUT2D eigenvalue weighted by atomic mass is 35.5. The van der Waals surface area contributed by atoms with E-state index in [0.717, 1.165) is 24.0 Å². The lowest BCUT2D eigenvalue weighted by atomic mass is 9.62. The van der Waals surface area contributed by atoms with E-state index < -0.39 is 11.5 Å². The minimum atomic E-state index is -0.907. The van der Waals surface area contributed by atoms with E-state index in [1.165, 1.54) is 12.8 Å². The Labute approximate surface area is 212 Å². The Hall–Kier alpha value is -2.10. The summed E-state index contributed by atoms with van der Waals surface area (Å²) in [5.74, 6) is 0.382. The molecule has 1 aliphatic heterocycles. The number of aromatic carboxylic acids is 1. The molecule has 2 atom stereocenters. The van der Waals surface area contributed by atoms with E-state index in [0.29, 0.717) is 39.3 Å². The van der Waals surface area contributed by atoms with Crippen LogP contribution < -0.4 is 0 Å². The summed E-state index contributed by atoms with van der Waals surface area (Å²) >= 11 is 12.7. The zero-order valence-electron chi connectivity index (χ0n) is 20.1. The maximum atomic E-state index is 11.5. The van der Waals surface area contributed by atoms with Gasteiger partial charge in [-0.15, -0.1) is 0 Å². The summed E-state index contributed by atoms with van der Waals surface area (Å²) < 4.78 is 0. The van der Waals surface area contributed by atoms with Crippen LogP contribution >= 0.6 is 23.2 Å². The molecule has 0 radical (unpaired) electrons. The minimum Gasteiger partial charge on any atom is -0.478 e. The SMILES string of the molecule is CC(C)(C)C1CCC(C(c2ccc(C(=O)O)cc2)C2(Cc3cc(Cl)cc(Cl)c3)C=CC=N2)CC1. The quantitative estimate of drug-likeness (QED) is 0.436. The molecule has 2 aromatic carbocycles. The van der Waals surface area contributed by atoms with Crippen LogP contribution in [0.1, 0.15) is 73.9 Å². The van der Waals surface area contributed by atoms with Crippen LogP contribution in [0.2, 0.25) is 10.0 Å². The molecule has 2 unspecified atom stereocenters. The van der Waals surface area contributed by atoms with Gasteiger partial charge >= 0.3 is 5.97 Å². The molecule has 2 aromatic rings. The second-order valence-corrected chi connectivity index (χ2v) is 11.8. The summed E-state index contributed by atoms with van der Waals surface area (Å²) in [7, 11) is 0. The van der Waals surface area contributed by atoms with Crippen LogP contribution in [0, 0.1) is 17.3 Å². The highest BCUT2D eigenvalue weighted by Crippen LogP contribution is 2.50. The Morgan fingerprint density at radius 1 is 1.06 bits per heavy atom. The lowest BCUT2D eigenvalue weighted by Gasteiger charge is -2.44. The maximum Gasteiger partial charge on any atom is 0.335 e. The molecule has 4 rings (SSSR count). The summed E-state index contributed by atoms with van der Waals surface area (Å²) in [6.07, 6.45) is 11.5. The molecule has 0 aromatic heterocycles. The van der Waals surface area contributed by atoms with Crippen LogP contribution in [-0.2, 0) is 6.42 Å². The molecule has 1 heterocycles. The highest BCUT2D eigenvalue weighted by Gasteiger charge is 2.45. The van der Waals surface area contributed by atoms with E-state index >= 15 is 0 Å². The molecule has 34 heavy (non-hydrogen) atoms. The van der Waals surface area contributed by atoms with E-state index in [9.17, 15) is 9.90 Å². The normalized spacial score (nSPS) is 25.4. The van der Waals surface area contributed by atoms with Crippen LogP contribution in [0.3, 0.4) is 0 Å². The van der Waals surface area contributed by atoms with Gasteiger partial charge in [0, 0.05) is 28.6 Å². The van der Waals surface area contributed by atoms with Crippen molar-refractivity contribution in [3.63, 3.8) is 0 Å². The number of hydrogen-bond donors (Lipinski definition) is 1. The first-order valence-corrected chi connectivity index (χ1v) is 12.8. The van der Waals surface area contributed by atoms with Gasteiger partial charge in [-0.25, -0.2) is 4.79 Å². The average Bonchev–Trinajstić information content (AvgIpc) is 3.22. The van der Waals surface area contributed by atoms with Gasteiger partial charge in [0.2, 0.25) is 0 Å². The average molecular weight is 498 g/mol. The van der Waals surface area contributed by atoms with Gasteiger partial charge in [-0.3, -0.25) is 4.99 Å². The Balaban J connectivity index is 1.73. The number of carbonyl (C=O) groups is 1. The van der Waals surface area contributed by atoms with Crippen LogP contribution in [0.5, 0.6) is 0 Å². The molecule has 180 valence electrons. The van der Waals surface area contributed by atoms with Gasteiger partial charge in [0.05, 0.1) is 11.1 Å². The lowest BCUT2D eigenvalue weighted by molar-refractivity contribution is 0.0697. The second-order valence-electron chi connectivity index (χ2n) is 11.0. The van der Waals surface area contributed by atoms with E-state index in [2.05, 4.69) is 26.8 Å². The van der Waals surface area contributed by atoms with Crippen molar-refractivity contribution in [2.45, 2.75) is 64.3 Å². The van der Waals surface area contributed by atoms with Crippen molar-refractivity contribution in [1.29, 1.82) is 0 Å². The monoisotopic (exact) mass is 497 g/mol. The van der Waals surface area contributed by atoms with Gasteiger partial charge in [-0.1, -0.05) is 62.2 Å². The molecule has 1 aliphatic carbocycles. The molecule has 5 heteroatoms. The van der Waals surface area contributed by atoms with Gasteiger partial charge in [-0.2, -0.15) is 0 Å². The Morgan fingerprint density at radius 3 is 2.18 bits per heavy atom. The number of rotatable bonds is 6. The number of benzene rings is 2. The standard InChI is InChI=1S/C29H33Cl2NO2/c1-28(2,3)23-11-9-21(10-12-23)26(20-5-7-22(8-6-20)27(33)34)29(13-4-14-32-29)18-19-15-24(30)17-25(31)16-19/h4-8,13-17,21,23,26H,9-12,18H2,1-3H3,(H,33,34). The van der Waals surface area contributed by atoms with Crippen molar-refractivity contribution < 1.29 is 9.90 Å². The number of hydrogen-bond acceptors (Lipinski definition) is 2. The summed E-state index contributed by atoms with van der Waals surface area (Å²) in [6.45, 7) is 7.03. The van der Waals surface area contributed by atoms with E-state index in [1.54, 1.807) is 18.2 Å². The fourth-order valence-corrected chi connectivity index (χ4v) is 6.56. The Morgan fingerprint density at radius 2 is 1.68 bits per heavy atom. The van der Waals surface area contributed by atoms with Crippen molar-refractivity contribution in [3.05, 3.63) is 81.4 Å². The predicted molar refractivity (Wildman–Crippen MR) is 142 cm³/mol. The summed E-state index contributed by atoms with van der Waals surface area (Å²) in [6, 6.07) is 13.1. The first-order chi connectivity index (χ1) is 16.1. The number of halogens is 2.